The molecule has 0 aliphatic heterocycles. The second-order valence-corrected chi connectivity index (χ2v) is 4.28. The summed E-state index contributed by atoms with van der Waals surface area (Å²) in [5.74, 6) is 5.31. The summed E-state index contributed by atoms with van der Waals surface area (Å²) in [7, 11) is 0. The highest BCUT2D eigenvalue weighted by atomic mass is 16.2. The van der Waals surface area contributed by atoms with Crippen LogP contribution in [0.25, 0.3) is 0 Å². The molecule has 112 valence electrons. The van der Waals surface area contributed by atoms with E-state index in [1.54, 1.807) is 24.3 Å². The van der Waals surface area contributed by atoms with Crippen LogP contribution in [-0.4, -0.2) is 36.6 Å². The van der Waals surface area contributed by atoms with E-state index in [1.807, 2.05) is 6.92 Å². The number of benzene rings is 1. The summed E-state index contributed by atoms with van der Waals surface area (Å²) in [5.41, 5.74) is 1.08. The molecule has 0 radical (unpaired) electrons. The Morgan fingerprint density at radius 3 is 2.71 bits per heavy atom. The topological polar surface area (TPSA) is 78.4 Å². The molecule has 1 rings (SSSR count). The summed E-state index contributed by atoms with van der Waals surface area (Å²) in [6.45, 7) is 2.70. The first-order valence-electron chi connectivity index (χ1n) is 6.92. The third-order valence-corrected chi connectivity index (χ3v) is 2.64. The highest BCUT2D eigenvalue weighted by Gasteiger charge is 2.09. The number of aliphatic hydroxyl groups is 1. The van der Waals surface area contributed by atoms with E-state index in [1.165, 1.54) is 0 Å². The van der Waals surface area contributed by atoms with Crippen molar-refractivity contribution in [1.82, 2.24) is 10.6 Å². The van der Waals surface area contributed by atoms with Crippen LogP contribution in [0.5, 0.6) is 0 Å². The number of carbonyl (C=O) groups excluding carboxylic acids is 2. The molecule has 0 atom stereocenters. The smallest absolute Gasteiger partial charge is 0.252 e. The maximum Gasteiger partial charge on any atom is 0.252 e. The van der Waals surface area contributed by atoms with Gasteiger partial charge in [-0.05, 0) is 19.1 Å². The van der Waals surface area contributed by atoms with Crippen LogP contribution in [0.1, 0.15) is 35.7 Å². The van der Waals surface area contributed by atoms with E-state index < -0.39 is 0 Å². The SMILES string of the molecule is CCNC(=O)CCNC(=O)c1ccccc1C#CCCO. The molecule has 21 heavy (non-hydrogen) atoms. The van der Waals surface area contributed by atoms with Crippen molar-refractivity contribution in [3.8, 4) is 11.8 Å². The van der Waals surface area contributed by atoms with Gasteiger partial charge in [0, 0.05) is 31.5 Å². The minimum atomic E-state index is -0.256. The van der Waals surface area contributed by atoms with Crippen molar-refractivity contribution in [1.29, 1.82) is 0 Å². The number of aliphatic hydroxyl groups excluding tert-OH is 1. The molecular weight excluding hydrogens is 268 g/mol. The average molecular weight is 288 g/mol. The zero-order valence-corrected chi connectivity index (χ0v) is 12.1. The molecule has 0 bridgehead atoms. The first kappa shape index (κ1) is 16.7. The molecule has 0 saturated heterocycles. The highest BCUT2D eigenvalue weighted by Crippen LogP contribution is 2.07. The van der Waals surface area contributed by atoms with Crippen molar-refractivity contribution >= 4 is 11.8 Å². The van der Waals surface area contributed by atoms with E-state index in [4.69, 9.17) is 5.11 Å². The van der Waals surface area contributed by atoms with E-state index in [-0.39, 0.29) is 31.4 Å². The van der Waals surface area contributed by atoms with Gasteiger partial charge in [0.25, 0.3) is 5.91 Å². The lowest BCUT2D eigenvalue weighted by Gasteiger charge is -2.07. The van der Waals surface area contributed by atoms with Crippen LogP contribution in [0.2, 0.25) is 0 Å². The van der Waals surface area contributed by atoms with Crippen molar-refractivity contribution in [2.45, 2.75) is 19.8 Å². The van der Waals surface area contributed by atoms with Gasteiger partial charge < -0.3 is 15.7 Å². The van der Waals surface area contributed by atoms with Crippen LogP contribution >= 0.6 is 0 Å². The standard InChI is InChI=1S/C16H20N2O3/c1-2-17-15(20)10-11-18-16(21)14-9-4-3-7-13(14)8-5-6-12-19/h3-4,7,9,19H,2,6,10-12H2,1H3,(H,17,20)(H,18,21). The molecule has 5 nitrogen and oxygen atoms in total. The van der Waals surface area contributed by atoms with Crippen LogP contribution in [0.4, 0.5) is 0 Å². The Labute approximate surface area is 124 Å². The number of amides is 2. The Bertz CT molecular complexity index is 544. The zero-order chi connectivity index (χ0) is 15.5. The van der Waals surface area contributed by atoms with Gasteiger partial charge in [0.2, 0.25) is 5.91 Å². The molecule has 0 unspecified atom stereocenters. The molecule has 0 spiro atoms. The summed E-state index contributed by atoms with van der Waals surface area (Å²) in [6.07, 6.45) is 0.616. The molecule has 3 N–H and O–H groups in total. The number of hydrogen-bond acceptors (Lipinski definition) is 3. The Balaban J connectivity index is 2.62. The second-order valence-electron chi connectivity index (χ2n) is 4.28. The molecule has 5 heteroatoms. The van der Waals surface area contributed by atoms with Gasteiger partial charge in [0.05, 0.1) is 12.2 Å². The van der Waals surface area contributed by atoms with Gasteiger partial charge in [-0.1, -0.05) is 24.0 Å². The van der Waals surface area contributed by atoms with Crippen molar-refractivity contribution in [2.24, 2.45) is 0 Å². The molecule has 1 aromatic carbocycles. The van der Waals surface area contributed by atoms with E-state index in [0.29, 0.717) is 24.1 Å². The fourth-order valence-electron chi connectivity index (χ4n) is 1.67. The lowest BCUT2D eigenvalue weighted by molar-refractivity contribution is -0.120. The van der Waals surface area contributed by atoms with E-state index in [0.717, 1.165) is 0 Å². The summed E-state index contributed by atoms with van der Waals surface area (Å²) in [6, 6.07) is 7.00. The third kappa shape index (κ3) is 6.11. The minimum Gasteiger partial charge on any atom is -0.395 e. The number of rotatable bonds is 6. The Hall–Kier alpha value is -2.32. The normalized spacial score (nSPS) is 9.43. The quantitative estimate of drug-likeness (QED) is 0.673. The monoisotopic (exact) mass is 288 g/mol. The first-order valence-corrected chi connectivity index (χ1v) is 6.92. The Morgan fingerprint density at radius 2 is 2.00 bits per heavy atom. The van der Waals surface area contributed by atoms with Crippen LogP contribution in [-0.2, 0) is 4.79 Å². The third-order valence-electron chi connectivity index (χ3n) is 2.64. The summed E-state index contributed by atoms with van der Waals surface area (Å²) >= 11 is 0. The van der Waals surface area contributed by atoms with E-state index in [9.17, 15) is 9.59 Å². The van der Waals surface area contributed by atoms with Gasteiger partial charge in [-0.25, -0.2) is 0 Å². The van der Waals surface area contributed by atoms with Crippen LogP contribution < -0.4 is 10.6 Å². The molecule has 0 aliphatic carbocycles. The van der Waals surface area contributed by atoms with Gasteiger partial charge in [0.1, 0.15) is 0 Å². The van der Waals surface area contributed by atoms with Crippen molar-refractivity contribution in [3.05, 3.63) is 35.4 Å². The fourth-order valence-corrected chi connectivity index (χ4v) is 1.67. The largest absolute Gasteiger partial charge is 0.395 e. The molecule has 0 saturated carbocycles. The zero-order valence-electron chi connectivity index (χ0n) is 12.1. The van der Waals surface area contributed by atoms with Gasteiger partial charge in [-0.15, -0.1) is 0 Å². The number of nitrogens with one attached hydrogen (secondary N) is 2. The fraction of sp³-hybridized carbons (Fsp3) is 0.375. The lowest BCUT2D eigenvalue weighted by Crippen LogP contribution is -2.30. The minimum absolute atomic E-state index is 0.00605. The lowest BCUT2D eigenvalue weighted by atomic mass is 10.1. The van der Waals surface area contributed by atoms with Gasteiger partial charge >= 0.3 is 0 Å². The average Bonchev–Trinajstić information content (AvgIpc) is 2.48. The predicted octanol–water partition coefficient (Wildman–Crippen LogP) is 0.676. The molecule has 0 fully saturated rings. The Morgan fingerprint density at radius 1 is 1.24 bits per heavy atom. The van der Waals surface area contributed by atoms with E-state index >= 15 is 0 Å². The van der Waals surface area contributed by atoms with Crippen molar-refractivity contribution in [2.75, 3.05) is 19.7 Å². The van der Waals surface area contributed by atoms with Crippen molar-refractivity contribution < 1.29 is 14.7 Å². The first-order chi connectivity index (χ1) is 10.2. The summed E-state index contributed by atoms with van der Waals surface area (Å²) < 4.78 is 0. The number of carbonyl (C=O) groups is 2. The van der Waals surface area contributed by atoms with Gasteiger partial charge in [0.15, 0.2) is 0 Å². The van der Waals surface area contributed by atoms with E-state index in [2.05, 4.69) is 22.5 Å². The second kappa shape index (κ2) is 9.56. The number of hydrogen-bond donors (Lipinski definition) is 3. The maximum absolute atomic E-state index is 12.1. The summed E-state index contributed by atoms with van der Waals surface area (Å²) in [4.78, 5) is 23.4. The van der Waals surface area contributed by atoms with Crippen molar-refractivity contribution in [3.63, 3.8) is 0 Å². The maximum atomic E-state index is 12.1. The molecule has 1 aromatic rings. The molecule has 0 heterocycles. The van der Waals surface area contributed by atoms with Gasteiger partial charge in [-0.3, -0.25) is 9.59 Å². The molecule has 0 aromatic heterocycles. The van der Waals surface area contributed by atoms with Crippen LogP contribution in [0.3, 0.4) is 0 Å². The summed E-state index contributed by atoms with van der Waals surface area (Å²) in [5, 5.41) is 14.1. The highest BCUT2D eigenvalue weighted by molar-refractivity contribution is 5.96. The van der Waals surface area contributed by atoms with Gasteiger partial charge in [-0.2, -0.15) is 0 Å². The molecule has 0 aliphatic rings. The Kier molecular flexibility index (Phi) is 7.62. The predicted molar refractivity (Wildman–Crippen MR) is 80.7 cm³/mol. The van der Waals surface area contributed by atoms with Crippen LogP contribution in [0, 0.1) is 11.8 Å². The van der Waals surface area contributed by atoms with Crippen LogP contribution in [0.15, 0.2) is 24.3 Å². The molecule has 2 amide bonds. The molecular formula is C16H20N2O3.